The fourth-order valence-corrected chi connectivity index (χ4v) is 4.34. The van der Waals surface area contributed by atoms with Gasteiger partial charge in [-0.05, 0) is 36.6 Å². The molecule has 1 N–H and O–H groups in total. The first-order valence-electron chi connectivity index (χ1n) is 11.9. The molecule has 2 amide bonds. The van der Waals surface area contributed by atoms with Gasteiger partial charge in [0, 0.05) is 22.7 Å². The minimum absolute atomic E-state index is 0.00381. The summed E-state index contributed by atoms with van der Waals surface area (Å²) in [7, 11) is 0. The molecule has 0 spiro atoms. The van der Waals surface area contributed by atoms with Crippen LogP contribution in [0.15, 0.2) is 77.8 Å². The lowest BCUT2D eigenvalue weighted by Crippen LogP contribution is -2.46. The molecule has 1 aliphatic heterocycles. The molecule has 4 rings (SSSR count). The van der Waals surface area contributed by atoms with E-state index in [1.54, 1.807) is 17.0 Å². The lowest BCUT2D eigenvalue weighted by molar-refractivity contribution is -0.125. The standard InChI is InChI=1S/C29H30ClN3O2/c1-4-20(3)27-29(35)33(18-26(34)31-17-21-12-10-19(2)11-13-21)25-15-14-23(30)16-24(25)28(32-27)22-8-6-5-7-9-22/h5-16,20,27H,4,17-18H2,1-3H3,(H,31,34)/t20-,27-/m0/s1. The first-order valence-corrected chi connectivity index (χ1v) is 12.3. The number of aryl methyl sites for hydroxylation is 1. The van der Waals surface area contributed by atoms with Crippen molar-refractivity contribution in [2.24, 2.45) is 10.9 Å². The van der Waals surface area contributed by atoms with Gasteiger partial charge in [-0.1, -0.05) is 92.0 Å². The predicted octanol–water partition coefficient (Wildman–Crippen LogP) is 5.56. The first kappa shape index (κ1) is 24.7. The van der Waals surface area contributed by atoms with Crippen LogP contribution in [0.4, 0.5) is 5.69 Å². The van der Waals surface area contributed by atoms with E-state index in [4.69, 9.17) is 16.6 Å². The monoisotopic (exact) mass is 487 g/mol. The molecule has 3 aromatic rings. The Labute approximate surface area is 211 Å². The van der Waals surface area contributed by atoms with Gasteiger partial charge in [0.2, 0.25) is 5.91 Å². The molecule has 0 saturated carbocycles. The van der Waals surface area contributed by atoms with E-state index >= 15 is 0 Å². The minimum atomic E-state index is -0.605. The molecule has 6 heteroatoms. The van der Waals surface area contributed by atoms with E-state index in [2.05, 4.69) is 5.32 Å². The van der Waals surface area contributed by atoms with Crippen LogP contribution in [-0.4, -0.2) is 30.1 Å². The van der Waals surface area contributed by atoms with Crippen LogP contribution in [0, 0.1) is 12.8 Å². The van der Waals surface area contributed by atoms with Crippen LogP contribution in [0.2, 0.25) is 5.02 Å². The van der Waals surface area contributed by atoms with E-state index in [1.807, 2.05) is 81.4 Å². The molecular weight excluding hydrogens is 458 g/mol. The van der Waals surface area contributed by atoms with Crippen molar-refractivity contribution in [1.82, 2.24) is 5.32 Å². The van der Waals surface area contributed by atoms with Crippen LogP contribution in [0.25, 0.3) is 0 Å². The maximum absolute atomic E-state index is 13.8. The summed E-state index contributed by atoms with van der Waals surface area (Å²) in [6.45, 7) is 6.39. The Morgan fingerprint density at radius 2 is 1.80 bits per heavy atom. The average molecular weight is 488 g/mol. The molecule has 0 bridgehead atoms. The maximum atomic E-state index is 13.8. The van der Waals surface area contributed by atoms with Gasteiger partial charge in [-0.15, -0.1) is 0 Å². The molecule has 0 saturated heterocycles. The topological polar surface area (TPSA) is 61.8 Å². The highest BCUT2D eigenvalue weighted by molar-refractivity contribution is 6.32. The second-order valence-electron chi connectivity index (χ2n) is 9.02. The van der Waals surface area contributed by atoms with E-state index < -0.39 is 6.04 Å². The number of benzodiazepines with no additional fused rings is 1. The zero-order valence-electron chi connectivity index (χ0n) is 20.3. The van der Waals surface area contributed by atoms with E-state index in [0.717, 1.165) is 28.7 Å². The van der Waals surface area contributed by atoms with E-state index in [9.17, 15) is 9.59 Å². The second-order valence-corrected chi connectivity index (χ2v) is 9.46. The van der Waals surface area contributed by atoms with Gasteiger partial charge in [0.15, 0.2) is 0 Å². The normalized spacial score (nSPS) is 16.2. The molecule has 0 unspecified atom stereocenters. The van der Waals surface area contributed by atoms with Crippen molar-refractivity contribution in [2.75, 3.05) is 11.4 Å². The average Bonchev–Trinajstić information content (AvgIpc) is 2.98. The van der Waals surface area contributed by atoms with E-state index in [0.29, 0.717) is 23.0 Å². The molecule has 0 fully saturated rings. The highest BCUT2D eigenvalue weighted by Gasteiger charge is 2.35. The number of anilines is 1. The van der Waals surface area contributed by atoms with Crippen molar-refractivity contribution < 1.29 is 9.59 Å². The van der Waals surface area contributed by atoms with Crippen LogP contribution in [-0.2, 0) is 16.1 Å². The number of carbonyl (C=O) groups excluding carboxylic acids is 2. The summed E-state index contributed by atoms with van der Waals surface area (Å²) in [5.74, 6) is -0.408. The number of aliphatic imine (C=N–C) groups is 1. The molecule has 1 heterocycles. The zero-order valence-corrected chi connectivity index (χ0v) is 21.0. The SMILES string of the molecule is CC[C@H](C)[C@@H]1N=C(c2ccccc2)c2cc(Cl)ccc2N(CC(=O)NCc2ccc(C)cc2)C1=O. The molecule has 5 nitrogen and oxygen atoms in total. The Morgan fingerprint density at radius 3 is 2.49 bits per heavy atom. The van der Waals surface area contributed by atoms with Crippen LogP contribution in [0.3, 0.4) is 0 Å². The Balaban J connectivity index is 1.70. The highest BCUT2D eigenvalue weighted by atomic mass is 35.5. The number of amides is 2. The third-order valence-electron chi connectivity index (χ3n) is 6.43. The summed E-state index contributed by atoms with van der Waals surface area (Å²) in [6.07, 6.45) is 0.784. The van der Waals surface area contributed by atoms with Crippen LogP contribution >= 0.6 is 11.6 Å². The number of hydrogen-bond donors (Lipinski definition) is 1. The molecule has 2 atom stereocenters. The molecule has 35 heavy (non-hydrogen) atoms. The highest BCUT2D eigenvalue weighted by Crippen LogP contribution is 2.32. The fourth-order valence-electron chi connectivity index (χ4n) is 4.16. The minimum Gasteiger partial charge on any atom is -0.350 e. The molecule has 3 aromatic carbocycles. The Kier molecular flexibility index (Phi) is 7.67. The molecule has 1 aliphatic rings. The predicted molar refractivity (Wildman–Crippen MR) is 142 cm³/mol. The van der Waals surface area contributed by atoms with Crippen LogP contribution in [0.1, 0.15) is 42.5 Å². The van der Waals surface area contributed by atoms with Gasteiger partial charge in [0.1, 0.15) is 12.6 Å². The maximum Gasteiger partial charge on any atom is 0.252 e. The van der Waals surface area contributed by atoms with Crippen molar-refractivity contribution in [1.29, 1.82) is 0 Å². The van der Waals surface area contributed by atoms with Gasteiger partial charge in [0.25, 0.3) is 5.91 Å². The van der Waals surface area contributed by atoms with Gasteiger partial charge in [-0.3, -0.25) is 14.6 Å². The number of hydrogen-bond acceptors (Lipinski definition) is 3. The van der Waals surface area contributed by atoms with Crippen molar-refractivity contribution in [3.63, 3.8) is 0 Å². The first-order chi connectivity index (χ1) is 16.9. The number of benzene rings is 3. The Bertz CT molecular complexity index is 1240. The summed E-state index contributed by atoms with van der Waals surface area (Å²) in [6, 6.07) is 22.6. The number of rotatable bonds is 7. The quantitative estimate of drug-likeness (QED) is 0.474. The largest absolute Gasteiger partial charge is 0.350 e. The summed E-state index contributed by atoms with van der Waals surface area (Å²) >= 11 is 6.39. The van der Waals surface area contributed by atoms with Crippen molar-refractivity contribution >= 4 is 34.8 Å². The molecule has 0 aromatic heterocycles. The molecule has 0 radical (unpaired) electrons. The van der Waals surface area contributed by atoms with Gasteiger partial charge in [-0.2, -0.15) is 0 Å². The number of fused-ring (bicyclic) bond motifs is 1. The van der Waals surface area contributed by atoms with Crippen molar-refractivity contribution in [3.05, 3.63) is 100 Å². The summed E-state index contributed by atoms with van der Waals surface area (Å²) in [5, 5.41) is 3.50. The Morgan fingerprint density at radius 1 is 1.09 bits per heavy atom. The number of halogens is 1. The van der Waals surface area contributed by atoms with Crippen molar-refractivity contribution in [3.8, 4) is 0 Å². The number of nitrogens with zero attached hydrogens (tertiary/aromatic N) is 2. The van der Waals surface area contributed by atoms with Crippen LogP contribution in [0.5, 0.6) is 0 Å². The third kappa shape index (κ3) is 5.63. The Hall–Kier alpha value is -3.44. The second kappa shape index (κ2) is 10.9. The summed E-state index contributed by atoms with van der Waals surface area (Å²) in [4.78, 5) is 33.4. The van der Waals surface area contributed by atoms with Gasteiger partial charge >= 0.3 is 0 Å². The van der Waals surface area contributed by atoms with E-state index in [-0.39, 0.29) is 24.3 Å². The molecular formula is C29H30ClN3O2. The van der Waals surface area contributed by atoms with Crippen LogP contribution < -0.4 is 10.2 Å². The van der Waals surface area contributed by atoms with Gasteiger partial charge < -0.3 is 10.2 Å². The summed E-state index contributed by atoms with van der Waals surface area (Å²) < 4.78 is 0. The fraction of sp³-hybridized carbons (Fsp3) is 0.276. The number of nitrogens with one attached hydrogen (secondary N) is 1. The third-order valence-corrected chi connectivity index (χ3v) is 6.67. The van der Waals surface area contributed by atoms with E-state index in [1.165, 1.54) is 0 Å². The zero-order chi connectivity index (χ0) is 24.9. The van der Waals surface area contributed by atoms with Gasteiger partial charge in [-0.25, -0.2) is 0 Å². The number of carbonyl (C=O) groups is 2. The van der Waals surface area contributed by atoms with Crippen molar-refractivity contribution in [2.45, 2.75) is 39.8 Å². The molecule has 180 valence electrons. The molecule has 0 aliphatic carbocycles. The lowest BCUT2D eigenvalue weighted by Gasteiger charge is -2.26. The lowest BCUT2D eigenvalue weighted by atomic mass is 9.98. The smallest absolute Gasteiger partial charge is 0.252 e. The van der Waals surface area contributed by atoms with Gasteiger partial charge in [0.05, 0.1) is 11.4 Å². The summed E-state index contributed by atoms with van der Waals surface area (Å²) in [5.41, 5.74) is 5.17.